The lowest BCUT2D eigenvalue weighted by Crippen LogP contribution is -1.97. The molecule has 0 heterocycles. The molecule has 0 amide bonds. The Balaban J connectivity index is 2.39. The normalized spacial score (nSPS) is 12.5. The van der Waals surface area contributed by atoms with Crippen LogP contribution in [0, 0.1) is 18.6 Å². The monoisotopic (exact) mass is 296 g/mol. The van der Waals surface area contributed by atoms with E-state index in [0.717, 1.165) is 16.7 Å². The van der Waals surface area contributed by atoms with E-state index in [-0.39, 0.29) is 16.5 Å². The van der Waals surface area contributed by atoms with Gasteiger partial charge in [0.05, 0.1) is 4.83 Å². The van der Waals surface area contributed by atoms with E-state index in [4.69, 9.17) is 0 Å². The third kappa shape index (κ3) is 2.72. The predicted octanol–water partition coefficient (Wildman–Crippen LogP) is 4.76. The van der Waals surface area contributed by atoms with Gasteiger partial charge in [-0.15, -0.1) is 0 Å². The minimum absolute atomic E-state index is 0.126. The lowest BCUT2D eigenvalue weighted by molar-refractivity contribution is 0.624. The van der Waals surface area contributed by atoms with Gasteiger partial charge in [0.2, 0.25) is 0 Å². The number of alkyl halides is 1. The Hall–Kier alpha value is -1.22. The van der Waals surface area contributed by atoms with Crippen molar-refractivity contribution in [1.82, 2.24) is 0 Å². The molecule has 17 heavy (non-hydrogen) atoms. The minimum Gasteiger partial charge on any atom is -0.207 e. The van der Waals surface area contributed by atoms with Gasteiger partial charge in [0.1, 0.15) is 11.6 Å². The van der Waals surface area contributed by atoms with Gasteiger partial charge in [-0.25, -0.2) is 8.78 Å². The molecule has 0 radical (unpaired) electrons. The standard InChI is InChI=1S/C14H11BrF2/c1-9-2-5-12(17)8-13(9)14(15)10-3-6-11(16)7-4-10/h2-8,14H,1H3. The summed E-state index contributed by atoms with van der Waals surface area (Å²) in [5.74, 6) is -0.540. The van der Waals surface area contributed by atoms with E-state index in [2.05, 4.69) is 15.9 Å². The largest absolute Gasteiger partial charge is 0.207 e. The second-order valence-corrected chi connectivity index (χ2v) is 4.83. The van der Waals surface area contributed by atoms with E-state index >= 15 is 0 Å². The van der Waals surface area contributed by atoms with Crippen LogP contribution in [-0.4, -0.2) is 0 Å². The molecule has 0 nitrogen and oxygen atoms in total. The molecule has 0 spiro atoms. The fraction of sp³-hybridized carbons (Fsp3) is 0.143. The minimum atomic E-state index is -0.274. The van der Waals surface area contributed by atoms with Crippen LogP contribution in [-0.2, 0) is 0 Å². The van der Waals surface area contributed by atoms with Gasteiger partial charge >= 0.3 is 0 Å². The Bertz CT molecular complexity index is 520. The first-order valence-corrected chi connectivity index (χ1v) is 6.15. The first kappa shape index (κ1) is 12.2. The van der Waals surface area contributed by atoms with Crippen LogP contribution in [0.5, 0.6) is 0 Å². The third-order valence-electron chi connectivity index (χ3n) is 2.68. The molecule has 0 aliphatic carbocycles. The third-order valence-corrected chi connectivity index (χ3v) is 3.70. The molecule has 88 valence electrons. The van der Waals surface area contributed by atoms with Crippen molar-refractivity contribution in [3.8, 4) is 0 Å². The first-order valence-electron chi connectivity index (χ1n) is 5.23. The van der Waals surface area contributed by atoms with Crippen molar-refractivity contribution in [2.45, 2.75) is 11.8 Å². The molecule has 1 unspecified atom stereocenters. The molecule has 2 aromatic rings. The van der Waals surface area contributed by atoms with Crippen LogP contribution in [0.2, 0.25) is 0 Å². The Morgan fingerprint density at radius 3 is 2.18 bits per heavy atom. The number of rotatable bonds is 2. The Morgan fingerprint density at radius 2 is 1.53 bits per heavy atom. The van der Waals surface area contributed by atoms with Crippen molar-refractivity contribution in [2.75, 3.05) is 0 Å². The molecule has 1 atom stereocenters. The summed E-state index contributed by atoms with van der Waals surface area (Å²) in [5, 5.41) is 0. The maximum Gasteiger partial charge on any atom is 0.123 e. The van der Waals surface area contributed by atoms with E-state index in [1.54, 1.807) is 18.2 Å². The average Bonchev–Trinajstić information content (AvgIpc) is 2.32. The van der Waals surface area contributed by atoms with Crippen molar-refractivity contribution in [1.29, 1.82) is 0 Å². The van der Waals surface area contributed by atoms with Crippen molar-refractivity contribution in [3.63, 3.8) is 0 Å². The summed E-state index contributed by atoms with van der Waals surface area (Å²) >= 11 is 3.51. The van der Waals surface area contributed by atoms with Gasteiger partial charge in [0.15, 0.2) is 0 Å². The van der Waals surface area contributed by atoms with Gasteiger partial charge in [-0.05, 0) is 47.9 Å². The lowest BCUT2D eigenvalue weighted by atomic mass is 10.0. The molecule has 0 aromatic heterocycles. The fourth-order valence-corrected chi connectivity index (χ4v) is 2.49. The summed E-state index contributed by atoms with van der Waals surface area (Å²) in [6.45, 7) is 1.92. The van der Waals surface area contributed by atoms with E-state index in [0.29, 0.717) is 0 Å². The number of aryl methyl sites for hydroxylation is 1. The zero-order valence-electron chi connectivity index (χ0n) is 9.25. The van der Waals surface area contributed by atoms with Crippen LogP contribution in [0.3, 0.4) is 0 Å². The molecule has 0 saturated heterocycles. The van der Waals surface area contributed by atoms with Crippen LogP contribution in [0.25, 0.3) is 0 Å². The molecule has 2 aromatic carbocycles. The highest BCUT2D eigenvalue weighted by Gasteiger charge is 2.13. The quantitative estimate of drug-likeness (QED) is 0.701. The van der Waals surface area contributed by atoms with Gasteiger partial charge in [0, 0.05) is 0 Å². The van der Waals surface area contributed by atoms with Crippen LogP contribution in [0.1, 0.15) is 21.5 Å². The van der Waals surface area contributed by atoms with Crippen molar-refractivity contribution in [2.24, 2.45) is 0 Å². The second-order valence-electron chi connectivity index (χ2n) is 3.92. The highest BCUT2D eigenvalue weighted by atomic mass is 79.9. The van der Waals surface area contributed by atoms with E-state index in [1.807, 2.05) is 6.92 Å². The number of halogens is 3. The highest BCUT2D eigenvalue weighted by molar-refractivity contribution is 9.09. The summed E-state index contributed by atoms with van der Waals surface area (Å²) in [4.78, 5) is -0.126. The molecule has 0 N–H and O–H groups in total. The van der Waals surface area contributed by atoms with Gasteiger partial charge in [-0.3, -0.25) is 0 Å². The SMILES string of the molecule is Cc1ccc(F)cc1C(Br)c1ccc(F)cc1. The Labute approximate surface area is 107 Å². The molecular weight excluding hydrogens is 286 g/mol. The summed E-state index contributed by atoms with van der Waals surface area (Å²) in [7, 11) is 0. The van der Waals surface area contributed by atoms with Gasteiger partial charge in [-0.1, -0.05) is 34.1 Å². The number of benzene rings is 2. The van der Waals surface area contributed by atoms with Crippen molar-refractivity contribution < 1.29 is 8.78 Å². The summed E-state index contributed by atoms with van der Waals surface area (Å²) in [6, 6.07) is 10.9. The van der Waals surface area contributed by atoms with Crippen molar-refractivity contribution >= 4 is 15.9 Å². The van der Waals surface area contributed by atoms with Crippen molar-refractivity contribution in [3.05, 3.63) is 70.8 Å². The van der Waals surface area contributed by atoms with Crippen LogP contribution in [0.15, 0.2) is 42.5 Å². The van der Waals surface area contributed by atoms with Crippen LogP contribution in [0.4, 0.5) is 8.78 Å². The molecule has 0 saturated carbocycles. The van der Waals surface area contributed by atoms with E-state index in [1.165, 1.54) is 24.3 Å². The topological polar surface area (TPSA) is 0 Å². The van der Waals surface area contributed by atoms with Gasteiger partial charge in [0.25, 0.3) is 0 Å². The first-order chi connectivity index (χ1) is 8.08. The molecule has 2 rings (SSSR count). The fourth-order valence-electron chi connectivity index (χ4n) is 1.70. The maximum atomic E-state index is 13.2. The smallest absolute Gasteiger partial charge is 0.123 e. The maximum absolute atomic E-state index is 13.2. The number of hydrogen-bond acceptors (Lipinski definition) is 0. The highest BCUT2D eigenvalue weighted by Crippen LogP contribution is 2.33. The van der Waals surface area contributed by atoms with Crippen LogP contribution < -0.4 is 0 Å². The molecule has 0 bridgehead atoms. The Morgan fingerprint density at radius 1 is 0.941 bits per heavy atom. The zero-order valence-corrected chi connectivity index (χ0v) is 10.8. The molecule has 0 aliphatic rings. The zero-order chi connectivity index (χ0) is 12.4. The predicted molar refractivity (Wildman–Crippen MR) is 68.3 cm³/mol. The van der Waals surface area contributed by atoms with E-state index in [9.17, 15) is 8.78 Å². The van der Waals surface area contributed by atoms with E-state index < -0.39 is 0 Å². The van der Waals surface area contributed by atoms with Crippen LogP contribution >= 0.6 is 15.9 Å². The molecule has 0 fully saturated rings. The summed E-state index contributed by atoms with van der Waals surface area (Å²) in [5.41, 5.74) is 2.76. The summed E-state index contributed by atoms with van der Waals surface area (Å²) in [6.07, 6.45) is 0. The van der Waals surface area contributed by atoms with Gasteiger partial charge < -0.3 is 0 Å². The molecule has 0 aliphatic heterocycles. The van der Waals surface area contributed by atoms with Gasteiger partial charge in [-0.2, -0.15) is 0 Å². The lowest BCUT2D eigenvalue weighted by Gasteiger charge is -2.13. The molecular formula is C14H11BrF2. The average molecular weight is 297 g/mol. The Kier molecular flexibility index (Phi) is 3.57. The second kappa shape index (κ2) is 4.96. The number of hydrogen-bond donors (Lipinski definition) is 0. The molecule has 3 heteroatoms. The summed E-state index contributed by atoms with van der Waals surface area (Å²) < 4.78 is 26.0.